The van der Waals surface area contributed by atoms with Gasteiger partial charge in [-0.05, 0) is 38.0 Å². The van der Waals surface area contributed by atoms with E-state index in [2.05, 4.69) is 0 Å². The van der Waals surface area contributed by atoms with Crippen LogP contribution in [0.1, 0.15) is 40.9 Å². The van der Waals surface area contributed by atoms with E-state index in [1.807, 2.05) is 36.1 Å². The molecule has 1 aromatic carbocycles. The predicted molar refractivity (Wildman–Crippen MR) is 91.9 cm³/mol. The van der Waals surface area contributed by atoms with E-state index in [9.17, 15) is 4.79 Å². The molecule has 1 unspecified atom stereocenters. The number of hydrogen-bond donors (Lipinski definition) is 1. The van der Waals surface area contributed by atoms with Crippen LogP contribution in [-0.2, 0) is 6.61 Å². The SMILES string of the molecule is Cc1ccc(OCc2occc2C(=O)N2CCCCC(N)C2)cc1. The fourth-order valence-corrected chi connectivity index (χ4v) is 2.96. The molecule has 0 aliphatic carbocycles. The lowest BCUT2D eigenvalue weighted by atomic mass is 10.1. The number of nitrogens with zero attached hydrogens (tertiary/aromatic N) is 1. The van der Waals surface area contributed by atoms with Crippen molar-refractivity contribution in [3.8, 4) is 5.75 Å². The van der Waals surface area contributed by atoms with Gasteiger partial charge in [0.15, 0.2) is 5.76 Å². The highest BCUT2D eigenvalue weighted by Crippen LogP contribution is 2.20. The molecule has 0 bridgehead atoms. The Kier molecular flexibility index (Phi) is 5.20. The van der Waals surface area contributed by atoms with Gasteiger partial charge < -0.3 is 19.8 Å². The number of ether oxygens (including phenoxy) is 1. The number of aryl methyl sites for hydroxylation is 1. The molecule has 2 N–H and O–H groups in total. The minimum Gasteiger partial charge on any atom is -0.486 e. The minimum absolute atomic E-state index is 0.0244. The van der Waals surface area contributed by atoms with Crippen molar-refractivity contribution in [2.45, 2.75) is 38.8 Å². The fraction of sp³-hybridized carbons (Fsp3) is 0.421. The number of furan rings is 1. The molecule has 24 heavy (non-hydrogen) atoms. The van der Waals surface area contributed by atoms with Crippen LogP contribution < -0.4 is 10.5 Å². The van der Waals surface area contributed by atoms with E-state index in [-0.39, 0.29) is 18.6 Å². The monoisotopic (exact) mass is 328 g/mol. The summed E-state index contributed by atoms with van der Waals surface area (Å²) >= 11 is 0. The molecule has 1 saturated heterocycles. The number of hydrogen-bond acceptors (Lipinski definition) is 4. The zero-order valence-corrected chi connectivity index (χ0v) is 14.0. The number of benzene rings is 1. The predicted octanol–water partition coefficient (Wildman–Crippen LogP) is 3.12. The van der Waals surface area contributed by atoms with Gasteiger partial charge in [0.25, 0.3) is 5.91 Å². The molecule has 5 heteroatoms. The smallest absolute Gasteiger partial charge is 0.257 e. The first-order valence-electron chi connectivity index (χ1n) is 8.44. The first kappa shape index (κ1) is 16.6. The highest BCUT2D eigenvalue weighted by atomic mass is 16.5. The normalized spacial score (nSPS) is 18.2. The van der Waals surface area contributed by atoms with E-state index in [0.29, 0.717) is 17.9 Å². The molecule has 0 spiro atoms. The van der Waals surface area contributed by atoms with Crippen LogP contribution in [0.3, 0.4) is 0 Å². The fourth-order valence-electron chi connectivity index (χ4n) is 2.96. The summed E-state index contributed by atoms with van der Waals surface area (Å²) in [6.45, 7) is 3.61. The molecule has 1 aliphatic rings. The molecule has 1 atom stereocenters. The quantitative estimate of drug-likeness (QED) is 0.936. The Morgan fingerprint density at radius 1 is 1.29 bits per heavy atom. The molecule has 1 fully saturated rings. The lowest BCUT2D eigenvalue weighted by Gasteiger charge is -2.22. The summed E-state index contributed by atoms with van der Waals surface area (Å²) in [5.74, 6) is 1.29. The topological polar surface area (TPSA) is 68.7 Å². The maximum Gasteiger partial charge on any atom is 0.257 e. The van der Waals surface area contributed by atoms with Crippen molar-refractivity contribution in [2.24, 2.45) is 5.73 Å². The summed E-state index contributed by atoms with van der Waals surface area (Å²) in [5, 5.41) is 0. The van der Waals surface area contributed by atoms with Gasteiger partial charge in [-0.3, -0.25) is 4.79 Å². The molecule has 0 saturated carbocycles. The van der Waals surface area contributed by atoms with Crippen molar-refractivity contribution in [2.75, 3.05) is 13.1 Å². The summed E-state index contributed by atoms with van der Waals surface area (Å²) in [6, 6.07) is 9.56. The second kappa shape index (κ2) is 7.53. The van der Waals surface area contributed by atoms with Gasteiger partial charge in [0.1, 0.15) is 12.4 Å². The number of carbonyl (C=O) groups is 1. The van der Waals surface area contributed by atoms with E-state index in [1.54, 1.807) is 12.3 Å². The molecule has 1 aliphatic heterocycles. The molecule has 2 aromatic rings. The van der Waals surface area contributed by atoms with E-state index in [0.717, 1.165) is 31.6 Å². The Balaban J connectivity index is 1.67. The Morgan fingerprint density at radius 3 is 2.88 bits per heavy atom. The van der Waals surface area contributed by atoms with Crippen molar-refractivity contribution in [1.29, 1.82) is 0 Å². The average molecular weight is 328 g/mol. The van der Waals surface area contributed by atoms with Gasteiger partial charge in [-0.2, -0.15) is 0 Å². The van der Waals surface area contributed by atoms with Crippen LogP contribution >= 0.6 is 0 Å². The highest BCUT2D eigenvalue weighted by molar-refractivity contribution is 5.95. The van der Waals surface area contributed by atoms with E-state index in [1.165, 1.54) is 5.56 Å². The Labute approximate surface area is 142 Å². The van der Waals surface area contributed by atoms with E-state index >= 15 is 0 Å². The summed E-state index contributed by atoms with van der Waals surface area (Å²) in [6.07, 6.45) is 4.57. The first-order valence-corrected chi connectivity index (χ1v) is 8.44. The van der Waals surface area contributed by atoms with Crippen molar-refractivity contribution >= 4 is 5.91 Å². The van der Waals surface area contributed by atoms with Gasteiger partial charge >= 0.3 is 0 Å². The molecule has 2 heterocycles. The van der Waals surface area contributed by atoms with E-state index in [4.69, 9.17) is 14.9 Å². The van der Waals surface area contributed by atoms with Gasteiger partial charge in [-0.1, -0.05) is 24.1 Å². The number of rotatable bonds is 4. The maximum absolute atomic E-state index is 12.8. The molecule has 5 nitrogen and oxygen atoms in total. The lowest BCUT2D eigenvalue weighted by molar-refractivity contribution is 0.0750. The minimum atomic E-state index is -0.0244. The van der Waals surface area contributed by atoms with Gasteiger partial charge in [0.2, 0.25) is 0 Å². The number of likely N-dealkylation sites (tertiary alicyclic amines) is 1. The van der Waals surface area contributed by atoms with Crippen LogP contribution in [0.4, 0.5) is 0 Å². The third-order valence-electron chi connectivity index (χ3n) is 4.36. The molecule has 128 valence electrons. The van der Waals surface area contributed by atoms with Crippen molar-refractivity contribution in [3.05, 3.63) is 53.5 Å². The summed E-state index contributed by atoms with van der Waals surface area (Å²) in [4.78, 5) is 14.6. The number of amides is 1. The van der Waals surface area contributed by atoms with Crippen LogP contribution in [0, 0.1) is 6.92 Å². The molecular weight excluding hydrogens is 304 g/mol. The third-order valence-corrected chi connectivity index (χ3v) is 4.36. The summed E-state index contributed by atoms with van der Waals surface area (Å²) in [7, 11) is 0. The Bertz CT molecular complexity index is 678. The molecule has 3 rings (SSSR count). The van der Waals surface area contributed by atoms with Crippen molar-refractivity contribution < 1.29 is 13.9 Å². The highest BCUT2D eigenvalue weighted by Gasteiger charge is 2.24. The van der Waals surface area contributed by atoms with Crippen LogP contribution in [0.5, 0.6) is 5.75 Å². The van der Waals surface area contributed by atoms with Gasteiger partial charge in [0.05, 0.1) is 11.8 Å². The maximum atomic E-state index is 12.8. The van der Waals surface area contributed by atoms with Crippen LogP contribution in [0.25, 0.3) is 0 Å². The van der Waals surface area contributed by atoms with Gasteiger partial charge in [-0.15, -0.1) is 0 Å². The number of carbonyl (C=O) groups excluding carboxylic acids is 1. The average Bonchev–Trinajstić information content (AvgIpc) is 2.94. The lowest BCUT2D eigenvalue weighted by Crippen LogP contribution is -2.39. The Morgan fingerprint density at radius 2 is 2.08 bits per heavy atom. The van der Waals surface area contributed by atoms with Gasteiger partial charge in [0, 0.05) is 19.1 Å². The second-order valence-electron chi connectivity index (χ2n) is 6.37. The zero-order valence-electron chi connectivity index (χ0n) is 14.0. The molecular formula is C19H24N2O3. The molecule has 1 amide bonds. The summed E-state index contributed by atoms with van der Waals surface area (Å²) in [5.41, 5.74) is 7.80. The third kappa shape index (κ3) is 3.97. The molecule has 1 aromatic heterocycles. The van der Waals surface area contributed by atoms with Crippen LogP contribution in [0.2, 0.25) is 0 Å². The molecule has 0 radical (unpaired) electrons. The van der Waals surface area contributed by atoms with Gasteiger partial charge in [-0.25, -0.2) is 0 Å². The standard InChI is InChI=1S/C19H24N2O3/c1-14-5-7-16(8-6-14)24-13-18-17(9-11-23-18)19(22)21-10-3-2-4-15(20)12-21/h5-9,11,15H,2-4,10,12-13,20H2,1H3. The van der Waals surface area contributed by atoms with Crippen molar-refractivity contribution in [3.63, 3.8) is 0 Å². The van der Waals surface area contributed by atoms with Crippen LogP contribution in [-0.4, -0.2) is 29.9 Å². The second-order valence-corrected chi connectivity index (χ2v) is 6.37. The largest absolute Gasteiger partial charge is 0.486 e. The summed E-state index contributed by atoms with van der Waals surface area (Å²) < 4.78 is 11.2. The van der Waals surface area contributed by atoms with E-state index < -0.39 is 0 Å². The zero-order chi connectivity index (χ0) is 16.9. The first-order chi connectivity index (χ1) is 11.6. The Hall–Kier alpha value is -2.27. The van der Waals surface area contributed by atoms with Crippen molar-refractivity contribution in [1.82, 2.24) is 4.90 Å². The van der Waals surface area contributed by atoms with Crippen LogP contribution in [0.15, 0.2) is 41.0 Å². The number of nitrogens with two attached hydrogens (primary N) is 1.